The van der Waals surface area contributed by atoms with Crippen LogP contribution in [0.15, 0.2) is 57.9 Å². The number of esters is 1. The SMILES string of the molecule is O=C(Cc1ccc(Br)cc1)Nc1ccc(SNC2CCOC2=O)cc1. The zero-order chi connectivity index (χ0) is 17.6. The number of hydrogen-bond acceptors (Lipinski definition) is 5. The van der Waals surface area contributed by atoms with E-state index < -0.39 is 0 Å². The molecule has 0 saturated carbocycles. The second-order valence-corrected chi connectivity index (χ2v) is 7.43. The normalized spacial score (nSPS) is 16.5. The molecule has 0 bridgehead atoms. The highest BCUT2D eigenvalue weighted by molar-refractivity contribution is 9.10. The molecule has 1 fully saturated rings. The van der Waals surface area contributed by atoms with Crippen molar-refractivity contribution in [3.8, 4) is 0 Å². The molecule has 7 heteroatoms. The average Bonchev–Trinajstić information content (AvgIpc) is 3.01. The van der Waals surface area contributed by atoms with E-state index in [4.69, 9.17) is 4.74 Å². The van der Waals surface area contributed by atoms with Crippen LogP contribution in [0.25, 0.3) is 0 Å². The zero-order valence-electron chi connectivity index (χ0n) is 13.3. The van der Waals surface area contributed by atoms with Crippen LogP contribution in [0, 0.1) is 0 Å². The maximum atomic E-state index is 12.1. The molecule has 1 heterocycles. The van der Waals surface area contributed by atoms with E-state index in [2.05, 4.69) is 26.0 Å². The summed E-state index contributed by atoms with van der Waals surface area (Å²) >= 11 is 4.76. The Kier molecular flexibility index (Phi) is 6.12. The molecule has 0 aliphatic carbocycles. The van der Waals surface area contributed by atoms with Gasteiger partial charge in [0.05, 0.1) is 13.0 Å². The van der Waals surface area contributed by atoms with Crippen molar-refractivity contribution in [2.75, 3.05) is 11.9 Å². The summed E-state index contributed by atoms with van der Waals surface area (Å²) in [6, 6.07) is 14.9. The minimum atomic E-state index is -0.254. The number of benzene rings is 2. The molecule has 0 radical (unpaired) electrons. The molecule has 2 N–H and O–H groups in total. The number of cyclic esters (lactones) is 1. The fraction of sp³-hybridized carbons (Fsp3) is 0.222. The topological polar surface area (TPSA) is 67.4 Å². The van der Waals surface area contributed by atoms with Crippen LogP contribution in [0.4, 0.5) is 5.69 Å². The molecular weight excluding hydrogens is 404 g/mol. The van der Waals surface area contributed by atoms with Crippen molar-refractivity contribution in [3.05, 3.63) is 58.6 Å². The van der Waals surface area contributed by atoms with Crippen molar-refractivity contribution in [1.29, 1.82) is 0 Å². The quantitative estimate of drug-likeness (QED) is 0.552. The summed E-state index contributed by atoms with van der Waals surface area (Å²) < 4.78 is 8.99. The standard InChI is InChI=1S/C18H17BrN2O3S/c19-13-3-1-12(2-4-13)11-17(22)20-14-5-7-15(8-6-14)25-21-16-9-10-24-18(16)23/h1-8,16,21H,9-11H2,(H,20,22). The van der Waals surface area contributed by atoms with E-state index in [0.717, 1.165) is 20.6 Å². The molecule has 3 rings (SSSR count). The largest absolute Gasteiger partial charge is 0.464 e. The summed E-state index contributed by atoms with van der Waals surface area (Å²) in [6.07, 6.45) is 1.02. The van der Waals surface area contributed by atoms with Crippen molar-refractivity contribution < 1.29 is 14.3 Å². The summed E-state index contributed by atoms with van der Waals surface area (Å²) in [7, 11) is 0. The van der Waals surface area contributed by atoms with Gasteiger partial charge < -0.3 is 10.1 Å². The first-order valence-electron chi connectivity index (χ1n) is 7.83. The van der Waals surface area contributed by atoms with E-state index in [0.29, 0.717) is 19.4 Å². The molecule has 1 unspecified atom stereocenters. The smallest absolute Gasteiger partial charge is 0.324 e. The monoisotopic (exact) mass is 420 g/mol. The Morgan fingerprint density at radius 3 is 2.52 bits per heavy atom. The fourth-order valence-corrected chi connectivity index (χ4v) is 3.37. The summed E-state index contributed by atoms with van der Waals surface area (Å²) in [4.78, 5) is 24.5. The van der Waals surface area contributed by atoms with E-state index in [1.165, 1.54) is 11.9 Å². The zero-order valence-corrected chi connectivity index (χ0v) is 15.7. The third kappa shape index (κ3) is 5.32. The van der Waals surface area contributed by atoms with E-state index >= 15 is 0 Å². The number of amides is 1. The molecule has 2 aromatic carbocycles. The highest BCUT2D eigenvalue weighted by Gasteiger charge is 2.26. The van der Waals surface area contributed by atoms with Crippen LogP contribution in [-0.2, 0) is 20.7 Å². The van der Waals surface area contributed by atoms with Crippen LogP contribution in [0.1, 0.15) is 12.0 Å². The van der Waals surface area contributed by atoms with Gasteiger partial charge in [-0.25, -0.2) is 4.72 Å². The lowest BCUT2D eigenvalue weighted by Crippen LogP contribution is -2.27. The predicted octanol–water partition coefficient (Wildman–Crippen LogP) is 3.54. The first-order valence-corrected chi connectivity index (χ1v) is 9.44. The lowest BCUT2D eigenvalue weighted by atomic mass is 10.1. The Bertz CT molecular complexity index is 750. The molecule has 25 heavy (non-hydrogen) atoms. The molecule has 130 valence electrons. The molecule has 1 saturated heterocycles. The molecule has 2 aromatic rings. The Balaban J connectivity index is 1.49. The highest BCUT2D eigenvalue weighted by atomic mass is 79.9. The Morgan fingerprint density at radius 2 is 1.88 bits per heavy atom. The number of nitrogens with one attached hydrogen (secondary N) is 2. The van der Waals surface area contributed by atoms with E-state index in [-0.39, 0.29) is 17.9 Å². The molecule has 1 amide bonds. The van der Waals surface area contributed by atoms with Gasteiger partial charge in [0, 0.05) is 21.5 Å². The minimum Gasteiger partial charge on any atom is -0.464 e. The van der Waals surface area contributed by atoms with Gasteiger partial charge in [0.25, 0.3) is 0 Å². The van der Waals surface area contributed by atoms with Gasteiger partial charge in [-0.1, -0.05) is 28.1 Å². The lowest BCUT2D eigenvalue weighted by Gasteiger charge is -2.09. The summed E-state index contributed by atoms with van der Waals surface area (Å²) in [5.74, 6) is -0.265. The van der Waals surface area contributed by atoms with Gasteiger partial charge >= 0.3 is 5.97 Å². The van der Waals surface area contributed by atoms with Crippen LogP contribution in [0.3, 0.4) is 0 Å². The van der Waals surface area contributed by atoms with Crippen molar-refractivity contribution in [2.45, 2.75) is 23.8 Å². The molecule has 1 aliphatic rings. The van der Waals surface area contributed by atoms with Crippen molar-refractivity contribution >= 4 is 45.4 Å². The van der Waals surface area contributed by atoms with Gasteiger partial charge in [-0.2, -0.15) is 0 Å². The molecule has 0 spiro atoms. The van der Waals surface area contributed by atoms with Crippen LogP contribution in [0.2, 0.25) is 0 Å². The van der Waals surface area contributed by atoms with E-state index in [9.17, 15) is 9.59 Å². The number of rotatable bonds is 6. The molecular formula is C18H17BrN2O3S. The predicted molar refractivity (Wildman–Crippen MR) is 101 cm³/mol. The van der Waals surface area contributed by atoms with Crippen LogP contribution in [-0.4, -0.2) is 24.5 Å². The fourth-order valence-electron chi connectivity index (χ4n) is 2.34. The molecule has 1 aliphatic heterocycles. The van der Waals surface area contributed by atoms with Gasteiger partial charge in [-0.15, -0.1) is 0 Å². The number of ether oxygens (including phenoxy) is 1. The second-order valence-electron chi connectivity index (χ2n) is 5.60. The first-order chi connectivity index (χ1) is 12.1. The van der Waals surface area contributed by atoms with Gasteiger partial charge in [0.15, 0.2) is 0 Å². The van der Waals surface area contributed by atoms with Gasteiger partial charge in [-0.3, -0.25) is 9.59 Å². The van der Waals surface area contributed by atoms with E-state index in [1.54, 1.807) is 0 Å². The Labute approximate surface area is 158 Å². The lowest BCUT2D eigenvalue weighted by molar-refractivity contribution is -0.139. The Morgan fingerprint density at radius 1 is 1.16 bits per heavy atom. The Hall–Kier alpha value is -1.83. The highest BCUT2D eigenvalue weighted by Crippen LogP contribution is 2.20. The third-order valence-electron chi connectivity index (χ3n) is 3.67. The van der Waals surface area contributed by atoms with Gasteiger partial charge in [-0.05, 0) is 53.9 Å². The minimum absolute atomic E-state index is 0.0606. The average molecular weight is 421 g/mol. The summed E-state index contributed by atoms with van der Waals surface area (Å²) in [5, 5.41) is 2.88. The summed E-state index contributed by atoms with van der Waals surface area (Å²) in [6.45, 7) is 0.473. The molecule has 1 atom stereocenters. The van der Waals surface area contributed by atoms with E-state index in [1.807, 2.05) is 48.5 Å². The number of carbonyl (C=O) groups excluding carboxylic acids is 2. The third-order valence-corrected chi connectivity index (χ3v) is 5.11. The van der Waals surface area contributed by atoms with Crippen molar-refractivity contribution in [1.82, 2.24) is 4.72 Å². The maximum absolute atomic E-state index is 12.1. The number of hydrogen-bond donors (Lipinski definition) is 2. The van der Waals surface area contributed by atoms with Gasteiger partial charge in [0.1, 0.15) is 6.04 Å². The number of carbonyl (C=O) groups is 2. The van der Waals surface area contributed by atoms with Crippen LogP contribution < -0.4 is 10.0 Å². The maximum Gasteiger partial charge on any atom is 0.324 e. The van der Waals surface area contributed by atoms with Crippen molar-refractivity contribution in [3.63, 3.8) is 0 Å². The number of anilines is 1. The van der Waals surface area contributed by atoms with Crippen LogP contribution >= 0.6 is 27.9 Å². The number of halogens is 1. The summed E-state index contributed by atoms with van der Waals surface area (Å²) in [5.41, 5.74) is 1.70. The van der Waals surface area contributed by atoms with Crippen LogP contribution in [0.5, 0.6) is 0 Å². The van der Waals surface area contributed by atoms with Gasteiger partial charge in [0.2, 0.25) is 5.91 Å². The van der Waals surface area contributed by atoms with Crippen molar-refractivity contribution in [2.24, 2.45) is 0 Å². The second kappa shape index (κ2) is 8.51. The molecule has 0 aromatic heterocycles. The first kappa shape index (κ1) is 18.0. The molecule has 5 nitrogen and oxygen atoms in total.